The SMILES string of the molecule is Cc1cc(CC(=O)N2CC[C@@H](O)[C@@H](C(=O)NCc3ccc4c(c3)OCO4)C2)on1.O=CO. The van der Waals surface area contributed by atoms with Crippen LogP contribution in [0.1, 0.15) is 23.4 Å². The molecule has 2 aliphatic rings. The number of likely N-dealkylation sites (tertiary alicyclic amines) is 1. The van der Waals surface area contributed by atoms with E-state index in [1.807, 2.05) is 12.1 Å². The zero-order valence-corrected chi connectivity index (χ0v) is 17.5. The van der Waals surface area contributed by atoms with Crippen LogP contribution in [0, 0.1) is 12.8 Å². The van der Waals surface area contributed by atoms with E-state index in [1.54, 1.807) is 24.0 Å². The van der Waals surface area contributed by atoms with Gasteiger partial charge in [-0.25, -0.2) is 0 Å². The predicted octanol–water partition coefficient (Wildman–Crippen LogP) is 0.481. The minimum atomic E-state index is -0.789. The lowest BCUT2D eigenvalue weighted by Crippen LogP contribution is -2.51. The van der Waals surface area contributed by atoms with Crippen LogP contribution in [-0.2, 0) is 27.3 Å². The molecule has 11 heteroatoms. The summed E-state index contributed by atoms with van der Waals surface area (Å²) in [4.78, 5) is 35.1. The number of hydrogen-bond acceptors (Lipinski definition) is 8. The average molecular weight is 447 g/mol. The topological polar surface area (TPSA) is 151 Å². The summed E-state index contributed by atoms with van der Waals surface area (Å²) in [6.07, 6.45) is -0.352. The number of aryl methyl sites for hydroxylation is 1. The van der Waals surface area contributed by atoms with Crippen LogP contribution in [0.3, 0.4) is 0 Å². The fraction of sp³-hybridized carbons (Fsp3) is 0.429. The molecule has 11 nitrogen and oxygen atoms in total. The minimum Gasteiger partial charge on any atom is -0.483 e. The maximum absolute atomic E-state index is 12.7. The molecular formula is C21H25N3O8. The van der Waals surface area contributed by atoms with Crippen LogP contribution in [0.15, 0.2) is 28.8 Å². The van der Waals surface area contributed by atoms with E-state index in [0.717, 1.165) is 5.56 Å². The van der Waals surface area contributed by atoms with Gasteiger partial charge in [-0.2, -0.15) is 0 Å². The van der Waals surface area contributed by atoms with Crippen molar-refractivity contribution >= 4 is 18.3 Å². The second-order valence-corrected chi connectivity index (χ2v) is 7.42. The Kier molecular flexibility index (Phi) is 7.66. The summed E-state index contributed by atoms with van der Waals surface area (Å²) in [7, 11) is 0. The van der Waals surface area contributed by atoms with Gasteiger partial charge in [-0.15, -0.1) is 0 Å². The molecule has 3 N–H and O–H groups in total. The number of fused-ring (bicyclic) bond motifs is 1. The van der Waals surface area contributed by atoms with Crippen LogP contribution in [0.4, 0.5) is 0 Å². The third-order valence-corrected chi connectivity index (χ3v) is 5.17. The first-order valence-corrected chi connectivity index (χ1v) is 10.0. The number of aliphatic hydroxyl groups is 1. The van der Waals surface area contributed by atoms with Crippen molar-refractivity contribution in [2.75, 3.05) is 19.9 Å². The molecule has 0 spiro atoms. The molecular weight excluding hydrogens is 422 g/mol. The lowest BCUT2D eigenvalue weighted by Gasteiger charge is -2.35. The molecule has 0 bridgehead atoms. The standard InChI is InChI=1S/C20H23N3O6.CH2O2/c1-12-6-14(29-22-12)8-19(25)23-5-4-16(24)15(10-23)20(26)21-9-13-2-3-17-18(7-13)28-11-27-17;2-1-3/h2-3,6-7,15-16,24H,4-5,8-11H2,1H3,(H,21,26);1H,(H,2,3)/t15-,16+;/m0./s1. The Hall–Kier alpha value is -3.60. The zero-order chi connectivity index (χ0) is 23.1. The Morgan fingerprint density at radius 3 is 2.75 bits per heavy atom. The molecule has 1 saturated heterocycles. The number of nitrogens with one attached hydrogen (secondary N) is 1. The van der Waals surface area contributed by atoms with E-state index in [2.05, 4.69) is 10.5 Å². The molecule has 2 aromatic rings. The fourth-order valence-corrected chi connectivity index (χ4v) is 3.56. The van der Waals surface area contributed by atoms with E-state index in [-0.39, 0.29) is 38.0 Å². The third kappa shape index (κ3) is 5.76. The maximum atomic E-state index is 12.7. The Morgan fingerprint density at radius 1 is 1.28 bits per heavy atom. The molecule has 0 saturated carbocycles. The first kappa shape index (κ1) is 23.1. The van der Waals surface area contributed by atoms with Gasteiger partial charge in [0.25, 0.3) is 6.47 Å². The van der Waals surface area contributed by atoms with Gasteiger partial charge in [0.2, 0.25) is 18.6 Å². The van der Waals surface area contributed by atoms with Gasteiger partial charge in [-0.3, -0.25) is 14.4 Å². The van der Waals surface area contributed by atoms with Gasteiger partial charge in [-0.1, -0.05) is 11.2 Å². The van der Waals surface area contributed by atoms with Crippen molar-refractivity contribution in [2.45, 2.75) is 32.4 Å². The van der Waals surface area contributed by atoms with E-state index in [0.29, 0.717) is 42.5 Å². The normalized spacial score (nSPS) is 19.0. The Balaban J connectivity index is 0.000000913. The van der Waals surface area contributed by atoms with Crippen molar-refractivity contribution in [1.82, 2.24) is 15.4 Å². The van der Waals surface area contributed by atoms with E-state index >= 15 is 0 Å². The van der Waals surface area contributed by atoms with Crippen LogP contribution in [0.5, 0.6) is 11.5 Å². The molecule has 0 radical (unpaired) electrons. The molecule has 1 aromatic carbocycles. The predicted molar refractivity (Wildman–Crippen MR) is 109 cm³/mol. The Labute approximate surface area is 183 Å². The number of aliphatic hydroxyl groups excluding tert-OH is 1. The molecule has 4 rings (SSSR count). The van der Waals surface area contributed by atoms with E-state index < -0.39 is 12.0 Å². The molecule has 3 heterocycles. The summed E-state index contributed by atoms with van der Waals surface area (Å²) in [5.41, 5.74) is 1.57. The van der Waals surface area contributed by atoms with E-state index in [4.69, 9.17) is 23.9 Å². The highest BCUT2D eigenvalue weighted by atomic mass is 16.7. The summed E-state index contributed by atoms with van der Waals surface area (Å²) in [6.45, 7) is 2.59. The quantitative estimate of drug-likeness (QED) is 0.556. The van der Waals surface area contributed by atoms with Gasteiger partial charge in [0, 0.05) is 25.7 Å². The van der Waals surface area contributed by atoms with Gasteiger partial charge in [0.1, 0.15) is 5.76 Å². The zero-order valence-electron chi connectivity index (χ0n) is 17.5. The molecule has 2 amide bonds. The molecule has 2 atom stereocenters. The number of aromatic nitrogens is 1. The van der Waals surface area contributed by atoms with Crippen molar-refractivity contribution in [1.29, 1.82) is 0 Å². The van der Waals surface area contributed by atoms with Crippen LogP contribution >= 0.6 is 0 Å². The first-order valence-electron chi connectivity index (χ1n) is 10.0. The number of hydrogen-bond donors (Lipinski definition) is 3. The minimum absolute atomic E-state index is 0.0858. The Bertz CT molecular complexity index is 960. The lowest BCUT2D eigenvalue weighted by atomic mass is 9.93. The number of rotatable bonds is 5. The summed E-state index contributed by atoms with van der Waals surface area (Å²) < 4.78 is 15.7. The summed E-state index contributed by atoms with van der Waals surface area (Å²) in [5.74, 6) is 0.693. The maximum Gasteiger partial charge on any atom is 0.290 e. The summed E-state index contributed by atoms with van der Waals surface area (Å²) >= 11 is 0. The number of benzene rings is 1. The number of ether oxygens (including phenoxy) is 2. The van der Waals surface area contributed by atoms with Gasteiger partial charge in [-0.05, 0) is 31.0 Å². The van der Waals surface area contributed by atoms with Crippen molar-refractivity contribution in [3.05, 3.63) is 41.3 Å². The van der Waals surface area contributed by atoms with Gasteiger partial charge in [0.05, 0.1) is 24.1 Å². The first-order chi connectivity index (χ1) is 15.4. The van der Waals surface area contributed by atoms with Gasteiger partial charge < -0.3 is 34.4 Å². The third-order valence-electron chi connectivity index (χ3n) is 5.17. The number of carbonyl (C=O) groups excluding carboxylic acids is 2. The fourth-order valence-electron chi connectivity index (χ4n) is 3.56. The van der Waals surface area contributed by atoms with Crippen LogP contribution in [-0.4, -0.2) is 64.5 Å². The van der Waals surface area contributed by atoms with Crippen molar-refractivity contribution in [3.8, 4) is 11.5 Å². The largest absolute Gasteiger partial charge is 0.483 e. The average Bonchev–Trinajstić information content (AvgIpc) is 3.41. The van der Waals surface area contributed by atoms with Crippen molar-refractivity contribution in [3.63, 3.8) is 0 Å². The van der Waals surface area contributed by atoms with E-state index in [9.17, 15) is 14.7 Å². The molecule has 1 aromatic heterocycles. The second kappa shape index (κ2) is 10.6. The number of nitrogens with zero attached hydrogens (tertiary/aromatic N) is 2. The monoisotopic (exact) mass is 447 g/mol. The highest BCUT2D eigenvalue weighted by Crippen LogP contribution is 2.32. The number of carboxylic acid groups (broad SMARTS) is 1. The smallest absolute Gasteiger partial charge is 0.290 e. The second-order valence-electron chi connectivity index (χ2n) is 7.42. The summed E-state index contributed by atoms with van der Waals surface area (Å²) in [5, 5.41) is 23.8. The van der Waals surface area contributed by atoms with Crippen molar-refractivity contribution in [2.24, 2.45) is 5.92 Å². The van der Waals surface area contributed by atoms with Gasteiger partial charge in [0.15, 0.2) is 11.5 Å². The molecule has 1 fully saturated rings. The highest BCUT2D eigenvalue weighted by molar-refractivity contribution is 5.82. The lowest BCUT2D eigenvalue weighted by molar-refractivity contribution is -0.140. The molecule has 32 heavy (non-hydrogen) atoms. The van der Waals surface area contributed by atoms with Gasteiger partial charge >= 0.3 is 0 Å². The summed E-state index contributed by atoms with van der Waals surface area (Å²) in [6, 6.07) is 7.17. The van der Waals surface area contributed by atoms with E-state index in [1.165, 1.54) is 0 Å². The Morgan fingerprint density at radius 2 is 2.03 bits per heavy atom. The molecule has 0 unspecified atom stereocenters. The van der Waals surface area contributed by atoms with Crippen LogP contribution < -0.4 is 14.8 Å². The molecule has 0 aliphatic carbocycles. The van der Waals surface area contributed by atoms with Crippen LogP contribution in [0.2, 0.25) is 0 Å². The highest BCUT2D eigenvalue weighted by Gasteiger charge is 2.35. The number of amides is 2. The van der Waals surface area contributed by atoms with Crippen molar-refractivity contribution < 1.29 is 38.6 Å². The van der Waals surface area contributed by atoms with Crippen LogP contribution in [0.25, 0.3) is 0 Å². The molecule has 2 aliphatic heterocycles. The number of carbonyl (C=O) groups is 3. The number of piperidine rings is 1. The molecule has 172 valence electrons.